The number of aliphatic carboxylic acids is 1. The molecule has 0 aliphatic rings. The zero-order valence-electron chi connectivity index (χ0n) is 11.2. The number of nitrogens with one attached hydrogen (secondary N) is 1. The normalized spacial score (nSPS) is 10.2. The quantitative estimate of drug-likeness (QED) is 0.552. The number of carboxylic acids is 1. The van der Waals surface area contributed by atoms with E-state index in [0.29, 0.717) is 18.5 Å². The lowest BCUT2D eigenvalue weighted by Gasteiger charge is -2.07. The first kappa shape index (κ1) is 15.2. The molecule has 19 heavy (non-hydrogen) atoms. The van der Waals surface area contributed by atoms with Gasteiger partial charge in [-0.3, -0.25) is 9.59 Å². The number of aryl methyl sites for hydroxylation is 1. The summed E-state index contributed by atoms with van der Waals surface area (Å²) in [5, 5.41) is 11.4. The largest absolute Gasteiger partial charge is 0.496 e. The molecular formula is C14H19NO4. The van der Waals surface area contributed by atoms with Crippen LogP contribution in [0.1, 0.15) is 28.8 Å². The van der Waals surface area contributed by atoms with Crippen LogP contribution in [0.2, 0.25) is 0 Å². The van der Waals surface area contributed by atoms with E-state index in [-0.39, 0.29) is 18.7 Å². The standard InChI is InChI=1S/C14H19NO4/c1-10-8-11(5-6-13(10)19-2)12(16)9-15-7-3-4-14(17)18/h5-6,8,15H,3-4,7,9H2,1-2H3,(H,17,18). The maximum atomic E-state index is 11.9. The number of rotatable bonds is 8. The van der Waals surface area contributed by atoms with Gasteiger partial charge in [-0.1, -0.05) is 0 Å². The van der Waals surface area contributed by atoms with Crippen LogP contribution in [0.4, 0.5) is 0 Å². The van der Waals surface area contributed by atoms with Crippen LogP contribution >= 0.6 is 0 Å². The third-order valence-electron chi connectivity index (χ3n) is 2.75. The van der Waals surface area contributed by atoms with Gasteiger partial charge in [-0.05, 0) is 43.7 Å². The van der Waals surface area contributed by atoms with Crippen LogP contribution in [0.5, 0.6) is 5.75 Å². The van der Waals surface area contributed by atoms with E-state index in [9.17, 15) is 9.59 Å². The number of carboxylic acid groups (broad SMARTS) is 1. The van der Waals surface area contributed by atoms with Crippen LogP contribution in [0.3, 0.4) is 0 Å². The van der Waals surface area contributed by atoms with Gasteiger partial charge in [0.05, 0.1) is 13.7 Å². The van der Waals surface area contributed by atoms with Crippen LogP contribution in [0.15, 0.2) is 18.2 Å². The highest BCUT2D eigenvalue weighted by atomic mass is 16.5. The van der Waals surface area contributed by atoms with E-state index in [4.69, 9.17) is 9.84 Å². The molecule has 0 aliphatic heterocycles. The van der Waals surface area contributed by atoms with Gasteiger partial charge in [-0.25, -0.2) is 0 Å². The number of hydrogen-bond donors (Lipinski definition) is 2. The first-order valence-corrected chi connectivity index (χ1v) is 6.15. The number of carbonyl (C=O) groups is 2. The molecule has 1 aromatic carbocycles. The molecule has 0 unspecified atom stereocenters. The summed E-state index contributed by atoms with van der Waals surface area (Å²) in [4.78, 5) is 22.2. The molecule has 0 bridgehead atoms. The van der Waals surface area contributed by atoms with E-state index in [1.807, 2.05) is 6.92 Å². The number of benzene rings is 1. The van der Waals surface area contributed by atoms with Crippen molar-refractivity contribution >= 4 is 11.8 Å². The monoisotopic (exact) mass is 265 g/mol. The Morgan fingerprint density at radius 3 is 2.68 bits per heavy atom. The summed E-state index contributed by atoms with van der Waals surface area (Å²) in [5.74, 6) is -0.0778. The lowest BCUT2D eigenvalue weighted by Crippen LogP contribution is -2.24. The first-order chi connectivity index (χ1) is 9.04. The van der Waals surface area contributed by atoms with Crippen molar-refractivity contribution in [2.45, 2.75) is 19.8 Å². The van der Waals surface area contributed by atoms with Gasteiger partial charge in [0.25, 0.3) is 0 Å². The predicted molar refractivity (Wildman–Crippen MR) is 71.8 cm³/mol. The summed E-state index contributed by atoms with van der Waals surface area (Å²) >= 11 is 0. The average molecular weight is 265 g/mol. The Bertz CT molecular complexity index is 457. The fraction of sp³-hybridized carbons (Fsp3) is 0.429. The van der Waals surface area contributed by atoms with Crippen LogP contribution in [0, 0.1) is 6.92 Å². The third kappa shape index (κ3) is 5.09. The summed E-state index contributed by atoms with van der Waals surface area (Å²) in [6.45, 7) is 2.62. The minimum Gasteiger partial charge on any atom is -0.496 e. The van der Waals surface area contributed by atoms with Crippen LogP contribution < -0.4 is 10.1 Å². The van der Waals surface area contributed by atoms with E-state index < -0.39 is 5.97 Å². The number of ether oxygens (including phenoxy) is 1. The van der Waals surface area contributed by atoms with Crippen LogP contribution in [-0.2, 0) is 4.79 Å². The summed E-state index contributed by atoms with van der Waals surface area (Å²) < 4.78 is 5.13. The maximum absolute atomic E-state index is 11.9. The topological polar surface area (TPSA) is 75.6 Å². The lowest BCUT2D eigenvalue weighted by molar-refractivity contribution is -0.137. The second-order valence-electron chi connectivity index (χ2n) is 4.28. The molecule has 0 atom stereocenters. The number of methoxy groups -OCH3 is 1. The molecule has 0 aromatic heterocycles. The Morgan fingerprint density at radius 2 is 2.11 bits per heavy atom. The molecule has 1 aromatic rings. The van der Waals surface area contributed by atoms with Gasteiger partial charge >= 0.3 is 5.97 Å². The van der Waals surface area contributed by atoms with Crippen LogP contribution in [-0.4, -0.2) is 37.1 Å². The summed E-state index contributed by atoms with van der Waals surface area (Å²) in [5.41, 5.74) is 1.54. The van der Waals surface area contributed by atoms with E-state index in [2.05, 4.69) is 5.32 Å². The fourth-order valence-corrected chi connectivity index (χ4v) is 1.72. The van der Waals surface area contributed by atoms with Gasteiger partial charge in [-0.2, -0.15) is 0 Å². The number of ketones is 1. The molecule has 1 rings (SSSR count). The molecule has 0 amide bonds. The molecule has 5 heteroatoms. The summed E-state index contributed by atoms with van der Waals surface area (Å²) in [6.07, 6.45) is 0.632. The van der Waals surface area contributed by atoms with E-state index in [0.717, 1.165) is 11.3 Å². The minimum atomic E-state index is -0.820. The summed E-state index contributed by atoms with van der Waals surface area (Å²) in [7, 11) is 1.59. The minimum absolute atomic E-state index is 0.0129. The van der Waals surface area contributed by atoms with Crippen molar-refractivity contribution in [3.05, 3.63) is 29.3 Å². The highest BCUT2D eigenvalue weighted by Gasteiger charge is 2.07. The second-order valence-corrected chi connectivity index (χ2v) is 4.28. The highest BCUT2D eigenvalue weighted by Crippen LogP contribution is 2.18. The lowest BCUT2D eigenvalue weighted by atomic mass is 10.1. The Kier molecular flexibility index (Phi) is 6.02. The first-order valence-electron chi connectivity index (χ1n) is 6.15. The van der Waals surface area contributed by atoms with Crippen molar-refractivity contribution < 1.29 is 19.4 Å². The molecule has 0 saturated heterocycles. The van der Waals surface area contributed by atoms with Gasteiger partial charge in [0.2, 0.25) is 0 Å². The van der Waals surface area contributed by atoms with Crippen molar-refractivity contribution in [1.82, 2.24) is 5.32 Å². The number of hydrogen-bond acceptors (Lipinski definition) is 4. The molecule has 0 heterocycles. The van der Waals surface area contributed by atoms with Crippen molar-refractivity contribution in [1.29, 1.82) is 0 Å². The van der Waals surface area contributed by atoms with Gasteiger partial charge in [0.15, 0.2) is 5.78 Å². The molecule has 0 aliphatic carbocycles. The van der Waals surface area contributed by atoms with E-state index >= 15 is 0 Å². The molecule has 2 N–H and O–H groups in total. The van der Waals surface area contributed by atoms with Crippen LogP contribution in [0.25, 0.3) is 0 Å². The third-order valence-corrected chi connectivity index (χ3v) is 2.75. The summed E-state index contributed by atoms with van der Waals surface area (Å²) in [6, 6.07) is 5.29. The smallest absolute Gasteiger partial charge is 0.303 e. The number of Topliss-reactive ketones (excluding diaryl/α,β-unsaturated/α-hetero) is 1. The van der Waals surface area contributed by atoms with E-state index in [1.165, 1.54) is 0 Å². The van der Waals surface area contributed by atoms with E-state index in [1.54, 1.807) is 25.3 Å². The molecule has 0 radical (unpaired) electrons. The predicted octanol–water partition coefficient (Wildman–Crippen LogP) is 1.64. The zero-order chi connectivity index (χ0) is 14.3. The maximum Gasteiger partial charge on any atom is 0.303 e. The van der Waals surface area contributed by atoms with Gasteiger partial charge < -0.3 is 15.2 Å². The average Bonchev–Trinajstić information content (AvgIpc) is 2.37. The Morgan fingerprint density at radius 1 is 1.37 bits per heavy atom. The molecule has 0 spiro atoms. The number of carbonyl (C=O) groups excluding carboxylic acids is 1. The van der Waals surface area contributed by atoms with Crippen molar-refractivity contribution in [3.63, 3.8) is 0 Å². The van der Waals surface area contributed by atoms with Crippen molar-refractivity contribution in [3.8, 4) is 5.75 Å². The highest BCUT2D eigenvalue weighted by molar-refractivity contribution is 5.97. The van der Waals surface area contributed by atoms with Gasteiger partial charge in [-0.15, -0.1) is 0 Å². The Hall–Kier alpha value is -1.88. The fourth-order valence-electron chi connectivity index (χ4n) is 1.72. The zero-order valence-corrected chi connectivity index (χ0v) is 11.2. The van der Waals surface area contributed by atoms with Crippen molar-refractivity contribution in [2.24, 2.45) is 0 Å². The van der Waals surface area contributed by atoms with Crippen molar-refractivity contribution in [2.75, 3.05) is 20.2 Å². The molecule has 0 fully saturated rings. The molecule has 104 valence electrons. The second kappa shape index (κ2) is 7.53. The van der Waals surface area contributed by atoms with Gasteiger partial charge in [0.1, 0.15) is 5.75 Å². The molecule has 0 saturated carbocycles. The SMILES string of the molecule is COc1ccc(C(=O)CNCCCC(=O)O)cc1C. The molecule has 5 nitrogen and oxygen atoms in total. The molecular weight excluding hydrogens is 246 g/mol. The van der Waals surface area contributed by atoms with Gasteiger partial charge in [0, 0.05) is 12.0 Å². The Labute approximate surface area is 112 Å². The Balaban J connectivity index is 2.41.